The van der Waals surface area contributed by atoms with E-state index in [0.717, 1.165) is 59.1 Å². The summed E-state index contributed by atoms with van der Waals surface area (Å²) in [5.74, 6) is 0.517. The van der Waals surface area contributed by atoms with Crippen LogP contribution < -0.4 is 11.5 Å². The fourth-order valence-electron chi connectivity index (χ4n) is 6.24. The van der Waals surface area contributed by atoms with Gasteiger partial charge in [0, 0.05) is 74.6 Å². The smallest absolute Gasteiger partial charge is 0.224 e. The van der Waals surface area contributed by atoms with Crippen LogP contribution >= 0.6 is 0 Å². The van der Waals surface area contributed by atoms with E-state index in [1.165, 1.54) is 6.07 Å². The summed E-state index contributed by atoms with van der Waals surface area (Å²) >= 11 is 0. The van der Waals surface area contributed by atoms with Gasteiger partial charge in [-0.1, -0.05) is 36.4 Å². The van der Waals surface area contributed by atoms with Crippen LogP contribution in [0.4, 0.5) is 10.2 Å². The Morgan fingerprint density at radius 1 is 1.15 bits per heavy atom. The van der Waals surface area contributed by atoms with Gasteiger partial charge < -0.3 is 25.7 Å². The molecule has 0 aliphatic carbocycles. The van der Waals surface area contributed by atoms with E-state index in [4.69, 9.17) is 16.2 Å². The molecule has 0 spiro atoms. The highest BCUT2D eigenvalue weighted by Gasteiger charge is 2.30. The SMILES string of the molecule is COCCCn1c(C2CCCN(C(=O)C[C@H](N)Cc3ccc(-c4ccc(N)nc4)cc3)C2)c(C)c2cccc(F)c21. The molecule has 1 amide bonds. The zero-order valence-corrected chi connectivity index (χ0v) is 24.0. The average Bonchev–Trinajstić information content (AvgIpc) is 3.26. The molecule has 7 nitrogen and oxygen atoms in total. The molecule has 4 N–H and O–H groups in total. The molecule has 4 aromatic rings. The number of hydrogen-bond acceptors (Lipinski definition) is 5. The molecule has 0 bridgehead atoms. The van der Waals surface area contributed by atoms with Crippen LogP contribution in [0.25, 0.3) is 22.0 Å². The number of rotatable bonds is 10. The summed E-state index contributed by atoms with van der Waals surface area (Å²) in [6.07, 6.45) is 5.35. The van der Waals surface area contributed by atoms with E-state index in [1.54, 1.807) is 25.4 Å². The molecule has 2 aromatic carbocycles. The van der Waals surface area contributed by atoms with Crippen molar-refractivity contribution < 1.29 is 13.9 Å². The highest BCUT2D eigenvalue weighted by Crippen LogP contribution is 2.37. The molecule has 1 fully saturated rings. The second-order valence-electron chi connectivity index (χ2n) is 11.2. The van der Waals surface area contributed by atoms with Crippen molar-refractivity contribution in [2.75, 3.05) is 32.5 Å². The predicted octanol–water partition coefficient (Wildman–Crippen LogP) is 5.44. The monoisotopic (exact) mass is 557 g/mol. The molecular formula is C33H40FN5O2. The van der Waals surface area contributed by atoms with Crippen LogP contribution in [0.5, 0.6) is 0 Å². The molecule has 5 rings (SSSR count). The second-order valence-corrected chi connectivity index (χ2v) is 11.2. The number of methoxy groups -OCH3 is 1. The van der Waals surface area contributed by atoms with Crippen LogP contribution in [-0.2, 0) is 22.5 Å². The number of nitrogens with two attached hydrogens (primary N) is 2. The van der Waals surface area contributed by atoms with Gasteiger partial charge in [0.05, 0.1) is 5.52 Å². The number of likely N-dealkylation sites (tertiary alicyclic amines) is 1. The number of halogens is 1. The summed E-state index contributed by atoms with van der Waals surface area (Å²) in [7, 11) is 1.68. The van der Waals surface area contributed by atoms with Crippen LogP contribution in [-0.4, -0.2) is 53.2 Å². The standard InChI is InChI=1S/C33H40FN5O2/c1-22-28-7-3-8-29(34)33(28)39(16-5-17-41-2)32(22)26-6-4-15-38(21-26)31(40)19-27(35)18-23-9-11-24(12-10-23)25-13-14-30(36)37-20-25/h3,7-14,20,26-27H,4-6,15-19,21,35H2,1-2H3,(H2,36,37)/t26?,27-/m1/s1. The third-order valence-electron chi connectivity index (χ3n) is 8.24. The molecule has 41 heavy (non-hydrogen) atoms. The summed E-state index contributed by atoms with van der Waals surface area (Å²) in [5.41, 5.74) is 18.2. The molecular weight excluding hydrogens is 517 g/mol. The number of aryl methyl sites for hydroxylation is 2. The summed E-state index contributed by atoms with van der Waals surface area (Å²) in [4.78, 5) is 19.5. The van der Waals surface area contributed by atoms with Crippen molar-refractivity contribution >= 4 is 22.6 Å². The number of hydrogen-bond donors (Lipinski definition) is 2. The highest BCUT2D eigenvalue weighted by molar-refractivity contribution is 5.86. The minimum Gasteiger partial charge on any atom is -0.385 e. The molecule has 2 aromatic heterocycles. The first-order valence-electron chi connectivity index (χ1n) is 14.5. The Kier molecular flexibility index (Phi) is 9.00. The molecule has 216 valence electrons. The number of nitrogen functional groups attached to an aromatic ring is 1. The number of pyridine rings is 1. The van der Waals surface area contributed by atoms with E-state index in [9.17, 15) is 4.79 Å². The van der Waals surface area contributed by atoms with Gasteiger partial charge >= 0.3 is 0 Å². The van der Waals surface area contributed by atoms with Crippen molar-refractivity contribution in [1.82, 2.24) is 14.5 Å². The number of nitrogens with zero attached hydrogens (tertiary/aromatic N) is 3. The van der Waals surface area contributed by atoms with Crippen LogP contribution in [0.3, 0.4) is 0 Å². The topological polar surface area (TPSA) is 99.4 Å². The number of para-hydroxylation sites is 1. The lowest BCUT2D eigenvalue weighted by atomic mass is 9.91. The summed E-state index contributed by atoms with van der Waals surface area (Å²) in [5, 5.41) is 0.946. The van der Waals surface area contributed by atoms with Crippen LogP contribution in [0.1, 0.15) is 48.4 Å². The molecule has 0 saturated carbocycles. The maximum Gasteiger partial charge on any atom is 0.224 e. The van der Waals surface area contributed by atoms with Crippen molar-refractivity contribution in [1.29, 1.82) is 0 Å². The summed E-state index contributed by atoms with van der Waals surface area (Å²) in [6, 6.07) is 17.0. The molecule has 1 unspecified atom stereocenters. The first-order chi connectivity index (χ1) is 19.9. The normalized spacial score (nSPS) is 16.3. The number of anilines is 1. The minimum absolute atomic E-state index is 0.0812. The summed E-state index contributed by atoms with van der Waals surface area (Å²) < 4.78 is 22.4. The lowest BCUT2D eigenvalue weighted by Crippen LogP contribution is -2.42. The fraction of sp³-hybridized carbons (Fsp3) is 0.394. The number of amides is 1. The Morgan fingerprint density at radius 2 is 1.93 bits per heavy atom. The maximum absolute atomic E-state index is 15.0. The molecule has 1 aliphatic heterocycles. The van der Waals surface area contributed by atoms with Crippen molar-refractivity contribution in [3.63, 3.8) is 0 Å². The first-order valence-corrected chi connectivity index (χ1v) is 14.5. The second kappa shape index (κ2) is 12.8. The van der Waals surface area contributed by atoms with E-state index in [2.05, 4.69) is 28.6 Å². The molecule has 8 heteroatoms. The van der Waals surface area contributed by atoms with Gasteiger partial charge in [0.25, 0.3) is 0 Å². The van der Waals surface area contributed by atoms with Gasteiger partial charge in [-0.2, -0.15) is 0 Å². The Bertz CT molecular complexity index is 1480. The fourth-order valence-corrected chi connectivity index (χ4v) is 6.24. The number of fused-ring (bicyclic) bond motifs is 1. The van der Waals surface area contributed by atoms with Gasteiger partial charge in [-0.15, -0.1) is 0 Å². The quantitative estimate of drug-likeness (QED) is 0.253. The van der Waals surface area contributed by atoms with Gasteiger partial charge in [0.2, 0.25) is 5.91 Å². The Labute approximate surface area is 241 Å². The lowest BCUT2D eigenvalue weighted by molar-refractivity contribution is -0.132. The van der Waals surface area contributed by atoms with Gasteiger partial charge in [-0.3, -0.25) is 4.79 Å². The van der Waals surface area contributed by atoms with Gasteiger partial charge in [-0.25, -0.2) is 9.37 Å². The average molecular weight is 558 g/mol. The number of ether oxygens (including phenoxy) is 1. The Balaban J connectivity index is 1.25. The van der Waals surface area contributed by atoms with E-state index in [-0.39, 0.29) is 23.7 Å². The molecule has 3 heterocycles. The largest absolute Gasteiger partial charge is 0.385 e. The number of carbonyl (C=O) groups excluding carboxylic acids is 1. The van der Waals surface area contributed by atoms with Crippen molar-refractivity contribution in [3.8, 4) is 11.1 Å². The number of piperidine rings is 1. The highest BCUT2D eigenvalue weighted by atomic mass is 19.1. The third-order valence-corrected chi connectivity index (χ3v) is 8.24. The Hall–Kier alpha value is -3.75. The van der Waals surface area contributed by atoms with Gasteiger partial charge in [0.15, 0.2) is 0 Å². The first kappa shape index (κ1) is 28.8. The molecule has 2 atom stereocenters. The van der Waals surface area contributed by atoms with Crippen molar-refractivity contribution in [2.24, 2.45) is 5.73 Å². The van der Waals surface area contributed by atoms with Crippen molar-refractivity contribution in [2.45, 2.75) is 57.5 Å². The molecule has 1 saturated heterocycles. The van der Waals surface area contributed by atoms with Gasteiger partial charge in [-0.05, 0) is 67.5 Å². The maximum atomic E-state index is 15.0. The Morgan fingerprint density at radius 3 is 2.66 bits per heavy atom. The predicted molar refractivity (Wildman–Crippen MR) is 162 cm³/mol. The number of aromatic nitrogens is 2. The van der Waals surface area contributed by atoms with Crippen LogP contribution in [0.15, 0.2) is 60.8 Å². The van der Waals surface area contributed by atoms with Crippen LogP contribution in [0.2, 0.25) is 0 Å². The zero-order chi connectivity index (χ0) is 28.9. The van der Waals surface area contributed by atoms with Crippen LogP contribution in [0, 0.1) is 12.7 Å². The molecule has 1 aliphatic rings. The van der Waals surface area contributed by atoms with E-state index >= 15 is 4.39 Å². The molecule has 0 radical (unpaired) electrons. The van der Waals surface area contributed by atoms with E-state index < -0.39 is 0 Å². The van der Waals surface area contributed by atoms with Gasteiger partial charge in [0.1, 0.15) is 11.6 Å². The zero-order valence-electron chi connectivity index (χ0n) is 24.0. The van der Waals surface area contributed by atoms with Crippen molar-refractivity contribution in [3.05, 3.63) is 83.4 Å². The minimum atomic E-state index is -0.275. The summed E-state index contributed by atoms with van der Waals surface area (Å²) in [6.45, 7) is 4.72. The number of benzene rings is 2. The van der Waals surface area contributed by atoms with E-state index in [1.807, 2.05) is 29.2 Å². The van der Waals surface area contributed by atoms with E-state index in [0.29, 0.717) is 43.9 Å². The number of carbonyl (C=O) groups is 1. The lowest BCUT2D eigenvalue weighted by Gasteiger charge is -2.34. The third kappa shape index (κ3) is 6.44.